The highest BCUT2D eigenvalue weighted by molar-refractivity contribution is 5.97. The van der Waals surface area contributed by atoms with Gasteiger partial charge in [0.1, 0.15) is 0 Å². The van der Waals surface area contributed by atoms with E-state index in [1.807, 2.05) is 20.8 Å². The molecule has 5 nitrogen and oxygen atoms in total. The number of aryl methyl sites for hydroxylation is 1. The number of benzene rings is 1. The summed E-state index contributed by atoms with van der Waals surface area (Å²) in [5.74, 6) is -0.361. The molecule has 0 fully saturated rings. The molecule has 2 amide bonds. The van der Waals surface area contributed by atoms with Crippen LogP contribution in [0, 0.1) is 12.8 Å². The molecule has 3 N–H and O–H groups in total. The maximum Gasteiger partial charge on any atom is 0.251 e. The molecular formula is C15H22N2O3. The Labute approximate surface area is 119 Å². The molecule has 0 heterocycles. The van der Waals surface area contributed by atoms with Crippen LogP contribution < -0.4 is 10.6 Å². The first kappa shape index (κ1) is 16.2. The van der Waals surface area contributed by atoms with E-state index in [0.29, 0.717) is 11.3 Å². The van der Waals surface area contributed by atoms with Gasteiger partial charge in [0.15, 0.2) is 0 Å². The second-order valence-corrected chi connectivity index (χ2v) is 5.23. The van der Waals surface area contributed by atoms with E-state index in [9.17, 15) is 14.7 Å². The Balaban J connectivity index is 2.76. The number of amides is 2. The number of hydrogen-bond donors (Lipinski definition) is 3. The molecule has 1 rings (SSSR count). The van der Waals surface area contributed by atoms with Crippen molar-refractivity contribution in [3.8, 4) is 0 Å². The van der Waals surface area contributed by atoms with Crippen molar-refractivity contribution in [2.45, 2.75) is 33.8 Å². The molecule has 0 saturated heterocycles. The molecule has 0 radical (unpaired) electrons. The van der Waals surface area contributed by atoms with Crippen LogP contribution in [0.25, 0.3) is 0 Å². The minimum absolute atomic E-state index is 0.0864. The van der Waals surface area contributed by atoms with Gasteiger partial charge in [-0.15, -0.1) is 0 Å². The Morgan fingerprint density at radius 1 is 1.30 bits per heavy atom. The number of carbonyl (C=O) groups is 2. The summed E-state index contributed by atoms with van der Waals surface area (Å²) in [7, 11) is 0. The smallest absolute Gasteiger partial charge is 0.251 e. The number of rotatable bonds is 5. The summed E-state index contributed by atoms with van der Waals surface area (Å²) >= 11 is 0. The van der Waals surface area contributed by atoms with Crippen molar-refractivity contribution in [2.75, 3.05) is 11.9 Å². The number of aliphatic hydroxyl groups excluding tert-OH is 1. The molecule has 0 bridgehead atoms. The molecule has 0 aliphatic heterocycles. The molecular weight excluding hydrogens is 256 g/mol. The molecule has 0 aliphatic carbocycles. The number of anilines is 1. The second kappa shape index (κ2) is 7.05. The fraction of sp³-hybridized carbons (Fsp3) is 0.467. The van der Waals surface area contributed by atoms with Gasteiger partial charge in [-0.05, 0) is 30.5 Å². The SMILES string of the molecule is CC(=O)Nc1cc(C(=O)NCC(O)C(C)C)ccc1C. The first-order valence-electron chi connectivity index (χ1n) is 6.65. The van der Waals surface area contributed by atoms with Crippen LogP contribution in [0.2, 0.25) is 0 Å². The molecule has 1 aromatic rings. The van der Waals surface area contributed by atoms with Crippen LogP contribution >= 0.6 is 0 Å². The largest absolute Gasteiger partial charge is 0.391 e. The van der Waals surface area contributed by atoms with E-state index >= 15 is 0 Å². The summed E-state index contributed by atoms with van der Waals surface area (Å²) in [6.45, 7) is 7.26. The van der Waals surface area contributed by atoms with E-state index in [2.05, 4.69) is 10.6 Å². The molecule has 1 atom stereocenters. The summed E-state index contributed by atoms with van der Waals surface area (Å²) in [4.78, 5) is 23.1. The van der Waals surface area contributed by atoms with Crippen LogP contribution in [0.5, 0.6) is 0 Å². The zero-order chi connectivity index (χ0) is 15.3. The average molecular weight is 278 g/mol. The fourth-order valence-corrected chi connectivity index (χ4v) is 1.62. The average Bonchev–Trinajstić information content (AvgIpc) is 2.37. The van der Waals surface area contributed by atoms with Crippen molar-refractivity contribution in [1.29, 1.82) is 0 Å². The molecule has 1 aromatic carbocycles. The predicted molar refractivity (Wildman–Crippen MR) is 78.7 cm³/mol. The van der Waals surface area contributed by atoms with Gasteiger partial charge in [-0.3, -0.25) is 9.59 Å². The van der Waals surface area contributed by atoms with Gasteiger partial charge in [0.05, 0.1) is 6.10 Å². The Morgan fingerprint density at radius 2 is 1.95 bits per heavy atom. The van der Waals surface area contributed by atoms with Gasteiger partial charge in [0.2, 0.25) is 5.91 Å². The van der Waals surface area contributed by atoms with Gasteiger partial charge < -0.3 is 15.7 Å². The van der Waals surface area contributed by atoms with E-state index in [-0.39, 0.29) is 24.3 Å². The zero-order valence-corrected chi connectivity index (χ0v) is 12.4. The highest BCUT2D eigenvalue weighted by Gasteiger charge is 2.13. The number of hydrogen-bond acceptors (Lipinski definition) is 3. The Morgan fingerprint density at radius 3 is 2.50 bits per heavy atom. The predicted octanol–water partition coefficient (Wildman–Crippen LogP) is 1.70. The van der Waals surface area contributed by atoms with Crippen molar-refractivity contribution < 1.29 is 14.7 Å². The second-order valence-electron chi connectivity index (χ2n) is 5.23. The Hall–Kier alpha value is -1.88. The molecule has 0 aliphatic rings. The normalized spacial score (nSPS) is 12.1. The lowest BCUT2D eigenvalue weighted by atomic mass is 10.1. The minimum Gasteiger partial charge on any atom is -0.391 e. The van der Waals surface area contributed by atoms with E-state index in [1.165, 1.54) is 6.92 Å². The van der Waals surface area contributed by atoms with Crippen molar-refractivity contribution in [3.63, 3.8) is 0 Å². The highest BCUT2D eigenvalue weighted by Crippen LogP contribution is 2.17. The van der Waals surface area contributed by atoms with E-state index < -0.39 is 6.10 Å². The lowest BCUT2D eigenvalue weighted by Gasteiger charge is -2.15. The van der Waals surface area contributed by atoms with Gasteiger partial charge in [-0.2, -0.15) is 0 Å². The van der Waals surface area contributed by atoms with Crippen LogP contribution in [0.3, 0.4) is 0 Å². The molecule has 110 valence electrons. The Bertz CT molecular complexity index is 498. The van der Waals surface area contributed by atoms with E-state index in [1.54, 1.807) is 18.2 Å². The third kappa shape index (κ3) is 4.66. The van der Waals surface area contributed by atoms with Crippen molar-refractivity contribution in [2.24, 2.45) is 5.92 Å². The van der Waals surface area contributed by atoms with Crippen LogP contribution in [-0.4, -0.2) is 29.6 Å². The third-order valence-electron chi connectivity index (χ3n) is 3.05. The number of carbonyl (C=O) groups excluding carboxylic acids is 2. The van der Waals surface area contributed by atoms with Crippen LogP contribution in [0.15, 0.2) is 18.2 Å². The number of aliphatic hydroxyl groups is 1. The summed E-state index contributed by atoms with van der Waals surface area (Å²) < 4.78 is 0. The zero-order valence-electron chi connectivity index (χ0n) is 12.4. The highest BCUT2D eigenvalue weighted by atomic mass is 16.3. The monoisotopic (exact) mass is 278 g/mol. The standard InChI is InChI=1S/C15H22N2O3/c1-9(2)14(19)8-16-15(20)12-6-5-10(3)13(7-12)17-11(4)18/h5-7,9,14,19H,8H2,1-4H3,(H,16,20)(H,17,18). The summed E-state index contributed by atoms with van der Waals surface area (Å²) in [6, 6.07) is 5.10. The van der Waals surface area contributed by atoms with E-state index in [4.69, 9.17) is 0 Å². The van der Waals surface area contributed by atoms with Crippen LogP contribution in [-0.2, 0) is 4.79 Å². The molecule has 5 heteroatoms. The summed E-state index contributed by atoms with van der Waals surface area (Å²) in [5.41, 5.74) is 1.96. The lowest BCUT2D eigenvalue weighted by Crippen LogP contribution is -2.34. The first-order valence-corrected chi connectivity index (χ1v) is 6.65. The first-order chi connectivity index (χ1) is 9.31. The molecule has 20 heavy (non-hydrogen) atoms. The Kier molecular flexibility index (Phi) is 5.70. The summed E-state index contributed by atoms with van der Waals surface area (Å²) in [5, 5.41) is 15.0. The van der Waals surface area contributed by atoms with Gasteiger partial charge in [-0.1, -0.05) is 19.9 Å². The maximum absolute atomic E-state index is 12.0. The fourth-order valence-electron chi connectivity index (χ4n) is 1.62. The molecule has 0 saturated carbocycles. The molecule has 1 unspecified atom stereocenters. The minimum atomic E-state index is -0.570. The topological polar surface area (TPSA) is 78.4 Å². The summed E-state index contributed by atoms with van der Waals surface area (Å²) in [6.07, 6.45) is -0.570. The maximum atomic E-state index is 12.0. The van der Waals surface area contributed by atoms with E-state index in [0.717, 1.165) is 5.56 Å². The van der Waals surface area contributed by atoms with Crippen molar-refractivity contribution >= 4 is 17.5 Å². The number of nitrogens with one attached hydrogen (secondary N) is 2. The van der Waals surface area contributed by atoms with Crippen molar-refractivity contribution in [3.05, 3.63) is 29.3 Å². The van der Waals surface area contributed by atoms with Crippen LogP contribution in [0.1, 0.15) is 36.7 Å². The van der Waals surface area contributed by atoms with Crippen LogP contribution in [0.4, 0.5) is 5.69 Å². The quantitative estimate of drug-likeness (QED) is 0.767. The molecule has 0 aromatic heterocycles. The lowest BCUT2D eigenvalue weighted by molar-refractivity contribution is -0.114. The van der Waals surface area contributed by atoms with Gasteiger partial charge in [-0.25, -0.2) is 0 Å². The van der Waals surface area contributed by atoms with Crippen molar-refractivity contribution in [1.82, 2.24) is 5.32 Å². The molecule has 0 spiro atoms. The van der Waals surface area contributed by atoms with Gasteiger partial charge >= 0.3 is 0 Å². The van der Waals surface area contributed by atoms with Gasteiger partial charge in [0, 0.05) is 24.7 Å². The third-order valence-corrected chi connectivity index (χ3v) is 3.05. The van der Waals surface area contributed by atoms with Gasteiger partial charge in [0.25, 0.3) is 5.91 Å².